The first-order chi connectivity index (χ1) is 11.8. The van der Waals surface area contributed by atoms with Crippen LogP contribution < -0.4 is 15.4 Å². The maximum absolute atomic E-state index is 12.3. The van der Waals surface area contributed by atoms with Crippen molar-refractivity contribution in [2.45, 2.75) is 0 Å². The summed E-state index contributed by atoms with van der Waals surface area (Å²) >= 11 is 0. The number of aromatic nitrogens is 1. The molecular weight excluding hydrogens is 302 g/mol. The van der Waals surface area contributed by atoms with Crippen LogP contribution in [0.3, 0.4) is 0 Å². The van der Waals surface area contributed by atoms with Gasteiger partial charge >= 0.3 is 0 Å². The Labute approximate surface area is 139 Å². The summed E-state index contributed by atoms with van der Waals surface area (Å²) < 4.78 is 5.14. The van der Waals surface area contributed by atoms with Crippen molar-refractivity contribution >= 4 is 33.8 Å². The second kappa shape index (κ2) is 5.70. The molecule has 3 aromatic rings. The third kappa shape index (κ3) is 2.36. The Morgan fingerprint density at radius 1 is 1.12 bits per heavy atom. The summed E-state index contributed by atoms with van der Waals surface area (Å²) in [6, 6.07) is 15.2. The molecule has 0 saturated heterocycles. The highest BCUT2D eigenvalue weighted by Gasteiger charge is 2.26. The van der Waals surface area contributed by atoms with E-state index in [9.17, 15) is 4.79 Å². The molecule has 24 heavy (non-hydrogen) atoms. The molecule has 1 aromatic heterocycles. The minimum Gasteiger partial charge on any atom is -0.497 e. The molecule has 4 rings (SSSR count). The molecule has 1 amide bonds. The van der Waals surface area contributed by atoms with Gasteiger partial charge in [-0.2, -0.15) is 0 Å². The number of hydrogen-bond donors (Lipinski definition) is 2. The summed E-state index contributed by atoms with van der Waals surface area (Å²) in [5, 5.41) is 7.03. The van der Waals surface area contributed by atoms with Gasteiger partial charge in [0.1, 0.15) is 5.75 Å². The average molecular weight is 317 g/mol. The Morgan fingerprint density at radius 2 is 1.96 bits per heavy atom. The van der Waals surface area contributed by atoms with Gasteiger partial charge in [-0.15, -0.1) is 0 Å². The van der Waals surface area contributed by atoms with Gasteiger partial charge in [0.2, 0.25) is 0 Å². The van der Waals surface area contributed by atoms with E-state index in [-0.39, 0.29) is 5.91 Å². The molecule has 1 aliphatic rings. The number of methoxy groups -OCH3 is 1. The van der Waals surface area contributed by atoms with E-state index < -0.39 is 0 Å². The van der Waals surface area contributed by atoms with Crippen LogP contribution in [0.2, 0.25) is 0 Å². The van der Waals surface area contributed by atoms with Crippen LogP contribution in [-0.4, -0.2) is 18.0 Å². The highest BCUT2D eigenvalue weighted by Crippen LogP contribution is 2.37. The minimum absolute atomic E-state index is 0.123. The van der Waals surface area contributed by atoms with Crippen LogP contribution in [0.15, 0.2) is 60.9 Å². The molecule has 0 saturated carbocycles. The number of amides is 1. The van der Waals surface area contributed by atoms with Crippen molar-refractivity contribution in [3.8, 4) is 5.75 Å². The average Bonchev–Trinajstić information content (AvgIpc) is 2.96. The van der Waals surface area contributed by atoms with E-state index in [1.54, 1.807) is 19.5 Å². The molecule has 0 unspecified atom stereocenters. The quantitative estimate of drug-likeness (QED) is 0.724. The maximum atomic E-state index is 12.3. The van der Waals surface area contributed by atoms with Crippen molar-refractivity contribution in [1.29, 1.82) is 0 Å². The van der Waals surface area contributed by atoms with E-state index in [0.717, 1.165) is 33.6 Å². The number of benzene rings is 2. The SMILES string of the molecule is COc1ccc(N/C=C2\C(=O)Nc3ccc4ncccc4c32)cc1. The highest BCUT2D eigenvalue weighted by atomic mass is 16.5. The van der Waals surface area contributed by atoms with Crippen molar-refractivity contribution in [2.24, 2.45) is 0 Å². The lowest BCUT2D eigenvalue weighted by Crippen LogP contribution is -2.05. The molecule has 1 aliphatic heterocycles. The summed E-state index contributed by atoms with van der Waals surface area (Å²) in [4.78, 5) is 16.7. The fourth-order valence-electron chi connectivity index (χ4n) is 2.83. The van der Waals surface area contributed by atoms with E-state index in [1.165, 1.54) is 0 Å². The first-order valence-electron chi connectivity index (χ1n) is 7.56. The number of nitrogens with one attached hydrogen (secondary N) is 2. The second-order valence-electron chi connectivity index (χ2n) is 5.44. The second-order valence-corrected chi connectivity index (χ2v) is 5.44. The van der Waals surface area contributed by atoms with E-state index in [4.69, 9.17) is 4.74 Å². The van der Waals surface area contributed by atoms with Crippen molar-refractivity contribution in [2.75, 3.05) is 17.7 Å². The smallest absolute Gasteiger partial charge is 0.257 e. The van der Waals surface area contributed by atoms with Crippen molar-refractivity contribution in [3.05, 3.63) is 66.5 Å². The third-order valence-corrected chi connectivity index (χ3v) is 4.02. The van der Waals surface area contributed by atoms with Gasteiger partial charge in [0, 0.05) is 34.7 Å². The lowest BCUT2D eigenvalue weighted by Gasteiger charge is -2.06. The molecule has 0 spiro atoms. The van der Waals surface area contributed by atoms with E-state index in [2.05, 4.69) is 15.6 Å². The van der Waals surface area contributed by atoms with Crippen LogP contribution in [-0.2, 0) is 4.79 Å². The molecule has 5 heteroatoms. The minimum atomic E-state index is -0.123. The molecule has 2 heterocycles. The standard InChI is InChI=1S/C19H15N3O2/c1-24-13-6-4-12(5-7-13)21-11-15-18-14-3-2-10-20-16(14)8-9-17(18)22-19(15)23/h2-11,21H,1H3,(H,22,23)/b15-11-. The van der Waals surface area contributed by atoms with E-state index in [0.29, 0.717) is 5.57 Å². The van der Waals surface area contributed by atoms with Crippen LogP contribution in [0.25, 0.3) is 16.5 Å². The Morgan fingerprint density at radius 3 is 2.75 bits per heavy atom. The van der Waals surface area contributed by atoms with Gasteiger partial charge in [-0.05, 0) is 42.5 Å². The van der Waals surface area contributed by atoms with Gasteiger partial charge in [0.25, 0.3) is 5.91 Å². The zero-order valence-electron chi connectivity index (χ0n) is 13.0. The molecule has 0 bridgehead atoms. The number of carbonyl (C=O) groups excluding carboxylic acids is 1. The fourth-order valence-corrected chi connectivity index (χ4v) is 2.83. The zero-order valence-corrected chi connectivity index (χ0v) is 13.0. The Balaban J connectivity index is 1.74. The number of carbonyl (C=O) groups is 1. The molecule has 5 nitrogen and oxygen atoms in total. The first-order valence-corrected chi connectivity index (χ1v) is 7.56. The Bertz CT molecular complexity index is 962. The molecular formula is C19H15N3O2. The van der Waals surface area contributed by atoms with E-state index >= 15 is 0 Å². The van der Waals surface area contributed by atoms with Crippen molar-refractivity contribution in [3.63, 3.8) is 0 Å². The molecule has 0 atom stereocenters. The Hall–Kier alpha value is -3.34. The topological polar surface area (TPSA) is 63.2 Å². The molecule has 0 aliphatic carbocycles. The van der Waals surface area contributed by atoms with Crippen LogP contribution >= 0.6 is 0 Å². The zero-order chi connectivity index (χ0) is 16.5. The van der Waals surface area contributed by atoms with Crippen LogP contribution in [0.5, 0.6) is 5.75 Å². The van der Waals surface area contributed by atoms with Gasteiger partial charge in [0.15, 0.2) is 0 Å². The van der Waals surface area contributed by atoms with E-state index in [1.807, 2.05) is 48.5 Å². The number of anilines is 2. The predicted molar refractivity (Wildman–Crippen MR) is 95.0 cm³/mol. The van der Waals surface area contributed by atoms with Crippen LogP contribution in [0.1, 0.15) is 5.56 Å². The molecule has 2 aromatic carbocycles. The summed E-state index contributed by atoms with van der Waals surface area (Å²) in [6.45, 7) is 0. The normalized spacial score (nSPS) is 14.5. The molecule has 118 valence electrons. The number of pyridine rings is 1. The lowest BCUT2D eigenvalue weighted by atomic mass is 10.0. The number of rotatable bonds is 3. The van der Waals surface area contributed by atoms with Gasteiger partial charge < -0.3 is 15.4 Å². The summed E-state index contributed by atoms with van der Waals surface area (Å²) in [5.74, 6) is 0.664. The van der Waals surface area contributed by atoms with Gasteiger partial charge in [0.05, 0.1) is 18.2 Å². The summed E-state index contributed by atoms with van der Waals surface area (Å²) in [6.07, 6.45) is 3.48. The monoisotopic (exact) mass is 317 g/mol. The largest absolute Gasteiger partial charge is 0.497 e. The number of hydrogen-bond acceptors (Lipinski definition) is 4. The Kier molecular flexibility index (Phi) is 3.39. The van der Waals surface area contributed by atoms with Gasteiger partial charge in [-0.1, -0.05) is 6.07 Å². The number of fused-ring (bicyclic) bond motifs is 3. The molecule has 2 N–H and O–H groups in total. The van der Waals surface area contributed by atoms with Crippen LogP contribution in [0.4, 0.5) is 11.4 Å². The van der Waals surface area contributed by atoms with Crippen molar-refractivity contribution in [1.82, 2.24) is 4.98 Å². The van der Waals surface area contributed by atoms with Gasteiger partial charge in [-0.25, -0.2) is 0 Å². The number of ether oxygens (including phenoxy) is 1. The predicted octanol–water partition coefficient (Wildman–Crippen LogP) is 3.65. The summed E-state index contributed by atoms with van der Waals surface area (Å²) in [5.41, 5.74) is 4.03. The van der Waals surface area contributed by atoms with Crippen LogP contribution in [0, 0.1) is 0 Å². The van der Waals surface area contributed by atoms with Crippen molar-refractivity contribution < 1.29 is 9.53 Å². The molecule has 0 fully saturated rings. The first kappa shape index (κ1) is 14.3. The third-order valence-electron chi connectivity index (χ3n) is 4.02. The summed E-state index contributed by atoms with van der Waals surface area (Å²) in [7, 11) is 1.63. The number of nitrogens with zero attached hydrogens (tertiary/aromatic N) is 1. The lowest BCUT2D eigenvalue weighted by molar-refractivity contribution is -0.110. The maximum Gasteiger partial charge on any atom is 0.257 e. The molecule has 0 radical (unpaired) electrons. The fraction of sp³-hybridized carbons (Fsp3) is 0.0526. The van der Waals surface area contributed by atoms with Gasteiger partial charge in [-0.3, -0.25) is 9.78 Å². The highest BCUT2D eigenvalue weighted by molar-refractivity contribution is 6.34.